The highest BCUT2D eigenvalue weighted by molar-refractivity contribution is 6.00. The lowest BCUT2D eigenvalue weighted by molar-refractivity contribution is -0.136. The van der Waals surface area contributed by atoms with Crippen molar-refractivity contribution in [2.75, 3.05) is 14.2 Å². The summed E-state index contributed by atoms with van der Waals surface area (Å²) in [6, 6.07) is 8.85. The van der Waals surface area contributed by atoms with Crippen LogP contribution >= 0.6 is 0 Å². The van der Waals surface area contributed by atoms with E-state index in [1.807, 2.05) is 6.07 Å². The van der Waals surface area contributed by atoms with Crippen molar-refractivity contribution in [3.05, 3.63) is 59.9 Å². The Morgan fingerprint density at radius 1 is 1.21 bits per heavy atom. The smallest absolute Gasteiger partial charge is 0.211 e. The van der Waals surface area contributed by atoms with Crippen LogP contribution in [0.15, 0.2) is 54.3 Å². The molecule has 0 saturated carbocycles. The average molecular weight is 260 g/mol. The normalized spacial score (nSPS) is 20.9. The monoisotopic (exact) mass is 260 g/mol. The number of allylic oxidation sites excluding steroid dienone is 1. The van der Waals surface area contributed by atoms with Gasteiger partial charge in [0.05, 0.1) is 5.92 Å². The Kier molecular flexibility index (Phi) is 3.83. The van der Waals surface area contributed by atoms with Crippen molar-refractivity contribution < 1.29 is 19.4 Å². The molecule has 1 atom stereocenters. The zero-order valence-corrected chi connectivity index (χ0v) is 10.9. The fraction of sp³-hybridized carbons (Fsp3) is 0.267. The van der Waals surface area contributed by atoms with Crippen LogP contribution in [0.25, 0.3) is 0 Å². The van der Waals surface area contributed by atoms with Crippen molar-refractivity contribution in [2.24, 2.45) is 5.92 Å². The minimum Gasteiger partial charge on any atom is -0.511 e. The van der Waals surface area contributed by atoms with Gasteiger partial charge in [0, 0.05) is 25.9 Å². The second kappa shape index (κ2) is 5.38. The second-order valence-electron chi connectivity index (χ2n) is 4.27. The summed E-state index contributed by atoms with van der Waals surface area (Å²) in [5.41, 5.74) is 0.555. The minimum atomic E-state index is -1.10. The molecule has 0 spiro atoms. The SMILES string of the molecule is COC1(OC)C=CC(C(=O)c2ccccc2)C(O)=C1. The van der Waals surface area contributed by atoms with Crippen molar-refractivity contribution in [3.8, 4) is 0 Å². The third kappa shape index (κ3) is 2.59. The van der Waals surface area contributed by atoms with E-state index in [-0.39, 0.29) is 11.5 Å². The molecule has 100 valence electrons. The summed E-state index contributed by atoms with van der Waals surface area (Å²) in [5.74, 6) is -2.02. The maximum absolute atomic E-state index is 12.3. The average Bonchev–Trinajstić information content (AvgIpc) is 2.47. The van der Waals surface area contributed by atoms with Crippen LogP contribution in [-0.4, -0.2) is 30.9 Å². The predicted molar refractivity (Wildman–Crippen MR) is 70.9 cm³/mol. The lowest BCUT2D eigenvalue weighted by atomic mass is 9.90. The van der Waals surface area contributed by atoms with E-state index in [2.05, 4.69) is 0 Å². The standard InChI is InChI=1S/C15H16O4/c1-18-15(19-2)9-8-12(13(16)10-15)14(17)11-6-4-3-5-7-11/h3-10,12,16H,1-2H3. The number of benzene rings is 1. The van der Waals surface area contributed by atoms with E-state index in [0.29, 0.717) is 5.56 Å². The summed E-state index contributed by atoms with van der Waals surface area (Å²) in [5, 5.41) is 10.0. The highest BCUT2D eigenvalue weighted by Crippen LogP contribution is 2.28. The zero-order valence-electron chi connectivity index (χ0n) is 10.9. The Balaban J connectivity index is 2.26. The van der Waals surface area contributed by atoms with Gasteiger partial charge in [-0.1, -0.05) is 36.4 Å². The number of hydrogen-bond acceptors (Lipinski definition) is 4. The van der Waals surface area contributed by atoms with E-state index in [9.17, 15) is 9.90 Å². The van der Waals surface area contributed by atoms with E-state index in [1.54, 1.807) is 36.4 Å². The molecule has 1 aliphatic carbocycles. The fourth-order valence-electron chi connectivity index (χ4n) is 2.01. The number of ketones is 1. The third-order valence-corrected chi connectivity index (χ3v) is 3.17. The van der Waals surface area contributed by atoms with Gasteiger partial charge in [0.2, 0.25) is 5.79 Å². The van der Waals surface area contributed by atoms with Gasteiger partial charge in [-0.3, -0.25) is 4.79 Å². The molecule has 0 radical (unpaired) electrons. The summed E-state index contributed by atoms with van der Waals surface area (Å²) < 4.78 is 10.4. The van der Waals surface area contributed by atoms with Crippen molar-refractivity contribution in [3.63, 3.8) is 0 Å². The maximum atomic E-state index is 12.3. The van der Waals surface area contributed by atoms with E-state index < -0.39 is 11.7 Å². The Morgan fingerprint density at radius 2 is 1.84 bits per heavy atom. The molecule has 1 aliphatic rings. The molecule has 0 aromatic heterocycles. The number of carbonyl (C=O) groups is 1. The van der Waals surface area contributed by atoms with Crippen LogP contribution in [0.1, 0.15) is 10.4 Å². The van der Waals surface area contributed by atoms with Crippen LogP contribution in [-0.2, 0) is 9.47 Å². The van der Waals surface area contributed by atoms with Gasteiger partial charge >= 0.3 is 0 Å². The van der Waals surface area contributed by atoms with Crippen LogP contribution in [0.2, 0.25) is 0 Å². The maximum Gasteiger partial charge on any atom is 0.211 e. The molecular weight excluding hydrogens is 244 g/mol. The van der Waals surface area contributed by atoms with Crippen LogP contribution in [0.5, 0.6) is 0 Å². The molecule has 0 amide bonds. The molecule has 4 nitrogen and oxygen atoms in total. The molecule has 0 fully saturated rings. The summed E-state index contributed by atoms with van der Waals surface area (Å²) in [6.45, 7) is 0. The molecule has 4 heteroatoms. The van der Waals surface area contributed by atoms with E-state index in [0.717, 1.165) is 0 Å². The first-order chi connectivity index (χ1) is 9.12. The lowest BCUT2D eigenvalue weighted by Gasteiger charge is -2.29. The molecular formula is C15H16O4. The predicted octanol–water partition coefficient (Wildman–Crippen LogP) is 2.49. The lowest BCUT2D eigenvalue weighted by Crippen LogP contribution is -2.33. The van der Waals surface area contributed by atoms with Gasteiger partial charge in [-0.2, -0.15) is 0 Å². The molecule has 1 aromatic rings. The number of aliphatic hydroxyl groups excluding tert-OH is 1. The van der Waals surface area contributed by atoms with Crippen molar-refractivity contribution in [2.45, 2.75) is 5.79 Å². The Bertz CT molecular complexity index is 512. The van der Waals surface area contributed by atoms with E-state index in [1.165, 1.54) is 20.3 Å². The second-order valence-corrected chi connectivity index (χ2v) is 4.27. The van der Waals surface area contributed by atoms with Gasteiger partial charge in [0.15, 0.2) is 5.78 Å². The number of ether oxygens (including phenoxy) is 2. The number of Topliss-reactive ketones (excluding diaryl/α,β-unsaturated/α-hetero) is 1. The quantitative estimate of drug-likeness (QED) is 0.513. The Labute approximate surface area is 112 Å². The van der Waals surface area contributed by atoms with Gasteiger partial charge in [0.25, 0.3) is 0 Å². The van der Waals surface area contributed by atoms with Crippen LogP contribution in [0.3, 0.4) is 0 Å². The topological polar surface area (TPSA) is 55.8 Å². The first kappa shape index (κ1) is 13.5. The molecule has 1 aromatic carbocycles. The summed E-state index contributed by atoms with van der Waals surface area (Å²) in [4.78, 5) is 12.3. The first-order valence-corrected chi connectivity index (χ1v) is 5.92. The van der Waals surface area contributed by atoms with Gasteiger partial charge in [-0.15, -0.1) is 0 Å². The van der Waals surface area contributed by atoms with Crippen molar-refractivity contribution in [1.29, 1.82) is 0 Å². The number of aliphatic hydroxyl groups is 1. The highest BCUT2D eigenvalue weighted by atomic mass is 16.7. The zero-order chi connectivity index (χ0) is 13.9. The summed E-state index contributed by atoms with van der Waals surface area (Å²) in [6.07, 6.45) is 4.62. The van der Waals surface area contributed by atoms with Crippen molar-refractivity contribution >= 4 is 5.78 Å². The molecule has 1 N–H and O–H groups in total. The van der Waals surface area contributed by atoms with Gasteiger partial charge in [0.1, 0.15) is 5.76 Å². The number of hydrogen-bond donors (Lipinski definition) is 1. The first-order valence-electron chi connectivity index (χ1n) is 5.92. The van der Waals surface area contributed by atoms with Crippen LogP contribution in [0.4, 0.5) is 0 Å². The fourth-order valence-corrected chi connectivity index (χ4v) is 2.01. The molecule has 2 rings (SSSR count). The largest absolute Gasteiger partial charge is 0.511 e. The third-order valence-electron chi connectivity index (χ3n) is 3.17. The van der Waals surface area contributed by atoms with E-state index >= 15 is 0 Å². The number of rotatable bonds is 4. The molecule has 0 heterocycles. The Morgan fingerprint density at radius 3 is 2.37 bits per heavy atom. The molecule has 19 heavy (non-hydrogen) atoms. The molecule has 0 saturated heterocycles. The highest BCUT2D eigenvalue weighted by Gasteiger charge is 2.33. The number of carbonyl (C=O) groups excluding carboxylic acids is 1. The van der Waals surface area contributed by atoms with Crippen molar-refractivity contribution in [1.82, 2.24) is 0 Å². The minimum absolute atomic E-state index is 0.0694. The summed E-state index contributed by atoms with van der Waals surface area (Å²) >= 11 is 0. The number of methoxy groups -OCH3 is 2. The van der Waals surface area contributed by atoms with Crippen LogP contribution in [0, 0.1) is 5.92 Å². The van der Waals surface area contributed by atoms with Crippen LogP contribution < -0.4 is 0 Å². The van der Waals surface area contributed by atoms with Gasteiger partial charge in [-0.25, -0.2) is 0 Å². The molecule has 0 aliphatic heterocycles. The molecule has 1 unspecified atom stereocenters. The summed E-state index contributed by atoms with van der Waals surface area (Å²) in [7, 11) is 2.94. The Hall–Kier alpha value is -1.91. The van der Waals surface area contributed by atoms with Gasteiger partial charge < -0.3 is 14.6 Å². The van der Waals surface area contributed by atoms with E-state index in [4.69, 9.17) is 9.47 Å². The molecule has 0 bridgehead atoms. The van der Waals surface area contributed by atoms with Gasteiger partial charge in [-0.05, 0) is 6.08 Å².